The maximum atomic E-state index is 3.82. The Morgan fingerprint density at radius 3 is 2.23 bits per heavy atom. The van der Waals surface area contributed by atoms with Crippen molar-refractivity contribution in [1.29, 1.82) is 0 Å². The summed E-state index contributed by atoms with van der Waals surface area (Å²) in [5, 5.41) is 4.90. The summed E-state index contributed by atoms with van der Waals surface area (Å²) in [6.07, 6.45) is 20.7. The first-order valence-corrected chi connectivity index (χ1v) is 18.9. The van der Waals surface area contributed by atoms with Crippen LogP contribution in [0.2, 0.25) is 0 Å². The molecule has 1 aromatic heterocycles. The summed E-state index contributed by atoms with van der Waals surface area (Å²) < 4.78 is 1.33. The second-order valence-electron chi connectivity index (χ2n) is 13.8. The molecule has 3 aliphatic carbocycles. The van der Waals surface area contributed by atoms with Crippen LogP contribution in [-0.4, -0.2) is 0 Å². The average Bonchev–Trinajstić information content (AvgIpc) is 3.76. The minimum absolute atomic E-state index is 0.415. The van der Waals surface area contributed by atoms with Crippen molar-refractivity contribution >= 4 is 44.8 Å². The highest BCUT2D eigenvalue weighted by Crippen LogP contribution is 2.66. The van der Waals surface area contributed by atoms with Gasteiger partial charge in [0.25, 0.3) is 0 Å². The van der Waals surface area contributed by atoms with Crippen LogP contribution in [0.3, 0.4) is 0 Å². The third kappa shape index (κ3) is 4.91. The maximum absolute atomic E-state index is 3.82. The topological polar surface area (TPSA) is 12.0 Å². The van der Waals surface area contributed by atoms with Crippen molar-refractivity contribution in [2.75, 3.05) is 5.32 Å². The molecule has 0 radical (unpaired) electrons. The molecule has 10 rings (SSSR count). The molecule has 0 amide bonds. The minimum atomic E-state index is -0.415. The maximum Gasteiger partial charge on any atom is 0.0819 e. The van der Waals surface area contributed by atoms with Crippen molar-refractivity contribution in [2.24, 2.45) is 0 Å². The molecule has 0 fully saturated rings. The Kier molecular flexibility index (Phi) is 7.45. The van der Waals surface area contributed by atoms with Gasteiger partial charge in [0.05, 0.1) is 5.41 Å². The first-order chi connectivity index (χ1) is 26.2. The fraction of sp³-hybridized carbons (Fsp3) is 0.0196. The van der Waals surface area contributed by atoms with Gasteiger partial charge >= 0.3 is 0 Å². The van der Waals surface area contributed by atoms with E-state index in [2.05, 4.69) is 188 Å². The molecule has 0 saturated carbocycles. The molecule has 1 unspecified atom stereocenters. The normalized spacial score (nSPS) is 16.9. The zero-order chi connectivity index (χ0) is 35.4. The average molecular weight is 694 g/mol. The second kappa shape index (κ2) is 12.6. The molecule has 0 bridgehead atoms. The highest BCUT2D eigenvalue weighted by atomic mass is 32.1. The molecule has 0 saturated heterocycles. The van der Waals surface area contributed by atoms with Crippen molar-refractivity contribution in [1.82, 2.24) is 0 Å². The zero-order valence-corrected chi connectivity index (χ0v) is 29.9. The van der Waals surface area contributed by atoms with Gasteiger partial charge < -0.3 is 5.32 Å². The van der Waals surface area contributed by atoms with Crippen LogP contribution in [0.5, 0.6) is 0 Å². The Morgan fingerprint density at radius 1 is 0.585 bits per heavy atom. The molecule has 1 N–H and O–H groups in total. The van der Waals surface area contributed by atoms with Crippen LogP contribution in [0.4, 0.5) is 5.69 Å². The first kappa shape index (κ1) is 31.3. The molecule has 6 aromatic carbocycles. The van der Waals surface area contributed by atoms with E-state index in [4.69, 9.17) is 0 Å². The van der Waals surface area contributed by atoms with Crippen molar-refractivity contribution in [3.05, 3.63) is 227 Å². The third-order valence-electron chi connectivity index (χ3n) is 10.9. The summed E-state index contributed by atoms with van der Waals surface area (Å²) in [4.78, 5) is 1.42. The predicted molar refractivity (Wildman–Crippen MR) is 228 cm³/mol. The smallest absolute Gasteiger partial charge is 0.0819 e. The Hall–Kier alpha value is -6.48. The van der Waals surface area contributed by atoms with Gasteiger partial charge in [-0.1, -0.05) is 164 Å². The zero-order valence-electron chi connectivity index (χ0n) is 29.1. The molecule has 250 valence electrons. The molecule has 2 heteroatoms. The highest BCUT2D eigenvalue weighted by Gasteiger charge is 2.53. The summed E-state index contributed by atoms with van der Waals surface area (Å²) in [7, 11) is 0. The molecule has 53 heavy (non-hydrogen) atoms. The van der Waals surface area contributed by atoms with Gasteiger partial charge in [-0.05, 0) is 97.1 Å². The third-order valence-corrected chi connectivity index (χ3v) is 12.2. The Morgan fingerprint density at radius 2 is 1.32 bits per heavy atom. The van der Waals surface area contributed by atoms with Crippen LogP contribution in [0.25, 0.3) is 61.2 Å². The Balaban J connectivity index is 1.10. The molecule has 1 spiro atoms. The van der Waals surface area contributed by atoms with Gasteiger partial charge in [-0.15, -0.1) is 11.3 Å². The monoisotopic (exact) mass is 693 g/mol. The fourth-order valence-electron chi connectivity index (χ4n) is 8.56. The standard InChI is InChI=1S/C51H35NS/c1-2-3-4-5-14-34-23-29-43-46(31-34)51(50-49(43)44-20-11-13-22-48(44)53-50)45-21-12-10-19-41(45)42-30-26-37(32-47(42)51)35-24-27-39(28-25-35)52-33-38-17-7-6-15-36-16-8-9-18-40(36)38/h2-33,52H,1H2/b4-3-,14-5-,38-33-. The van der Waals surface area contributed by atoms with Crippen molar-refractivity contribution in [2.45, 2.75) is 5.41 Å². The molecule has 7 aromatic rings. The van der Waals surface area contributed by atoms with Crippen molar-refractivity contribution in [3.8, 4) is 33.4 Å². The number of benzene rings is 6. The molecule has 0 aliphatic heterocycles. The lowest BCUT2D eigenvalue weighted by atomic mass is 9.73. The van der Waals surface area contributed by atoms with Gasteiger partial charge in [0.2, 0.25) is 0 Å². The number of fused-ring (bicyclic) bond motifs is 13. The lowest BCUT2D eigenvalue weighted by Gasteiger charge is -2.30. The summed E-state index contributed by atoms with van der Waals surface area (Å²) in [6, 6.07) is 49.5. The summed E-state index contributed by atoms with van der Waals surface area (Å²) in [6.45, 7) is 3.82. The van der Waals surface area contributed by atoms with E-state index in [0.29, 0.717) is 0 Å². The number of anilines is 1. The van der Waals surface area contributed by atoms with Crippen molar-refractivity contribution in [3.63, 3.8) is 0 Å². The van der Waals surface area contributed by atoms with E-state index in [0.717, 1.165) is 11.3 Å². The number of thiophene rings is 1. The van der Waals surface area contributed by atoms with Crippen LogP contribution in [-0.2, 0) is 5.41 Å². The van der Waals surface area contributed by atoms with Crippen LogP contribution in [0, 0.1) is 0 Å². The van der Waals surface area contributed by atoms with Gasteiger partial charge in [0.15, 0.2) is 0 Å². The van der Waals surface area contributed by atoms with Gasteiger partial charge in [-0.2, -0.15) is 0 Å². The fourth-order valence-corrected chi connectivity index (χ4v) is 10.0. The van der Waals surface area contributed by atoms with Gasteiger partial charge in [0, 0.05) is 32.4 Å². The van der Waals surface area contributed by atoms with Crippen LogP contribution < -0.4 is 5.32 Å². The van der Waals surface area contributed by atoms with E-state index in [1.165, 1.54) is 81.7 Å². The SMILES string of the molecule is C=C/C=C\C=C/c1ccc2c(c1)C1(c3ccccc3-c3ccc(-c4ccc(N/C=C5/C=CC=Cc6ccccc65)cc4)cc31)c1sc3ccccc3c1-2. The predicted octanol–water partition coefficient (Wildman–Crippen LogP) is 13.7. The number of rotatable bonds is 6. The number of hydrogen-bond donors (Lipinski definition) is 1. The molecule has 1 nitrogen and oxygen atoms in total. The molecule has 1 atom stereocenters. The van der Waals surface area contributed by atoms with Crippen LogP contribution in [0.1, 0.15) is 38.3 Å². The van der Waals surface area contributed by atoms with E-state index < -0.39 is 5.41 Å². The molecule has 3 aliphatic rings. The van der Waals surface area contributed by atoms with Crippen LogP contribution in [0.15, 0.2) is 189 Å². The van der Waals surface area contributed by atoms with E-state index in [9.17, 15) is 0 Å². The lowest BCUT2D eigenvalue weighted by Crippen LogP contribution is -2.25. The lowest BCUT2D eigenvalue weighted by molar-refractivity contribution is 0.811. The molecular weight excluding hydrogens is 659 g/mol. The van der Waals surface area contributed by atoms with Gasteiger partial charge in [0.1, 0.15) is 0 Å². The summed E-state index contributed by atoms with van der Waals surface area (Å²) in [5.41, 5.74) is 17.3. The minimum Gasteiger partial charge on any atom is -0.361 e. The highest BCUT2D eigenvalue weighted by molar-refractivity contribution is 7.20. The summed E-state index contributed by atoms with van der Waals surface area (Å²) >= 11 is 1.95. The first-order valence-electron chi connectivity index (χ1n) is 18.1. The van der Waals surface area contributed by atoms with Crippen LogP contribution >= 0.6 is 11.3 Å². The Labute approximate surface area is 314 Å². The van der Waals surface area contributed by atoms with Gasteiger partial charge in [-0.25, -0.2) is 0 Å². The van der Waals surface area contributed by atoms with E-state index in [-0.39, 0.29) is 0 Å². The van der Waals surface area contributed by atoms with Gasteiger partial charge in [-0.3, -0.25) is 0 Å². The van der Waals surface area contributed by atoms with E-state index in [1.54, 1.807) is 0 Å². The molecular formula is C51H35NS. The Bertz CT molecular complexity index is 2760. The number of hydrogen-bond acceptors (Lipinski definition) is 2. The summed E-state index contributed by atoms with van der Waals surface area (Å²) in [5.74, 6) is 0. The second-order valence-corrected chi connectivity index (χ2v) is 14.8. The largest absolute Gasteiger partial charge is 0.361 e. The van der Waals surface area contributed by atoms with Crippen molar-refractivity contribution < 1.29 is 0 Å². The number of nitrogens with one attached hydrogen (secondary N) is 1. The quantitative estimate of drug-likeness (QED) is 0.171. The number of allylic oxidation sites excluding steroid dienone is 8. The van der Waals surface area contributed by atoms with E-state index in [1.807, 2.05) is 29.6 Å². The molecule has 1 heterocycles. The van der Waals surface area contributed by atoms with E-state index >= 15 is 0 Å².